The lowest BCUT2D eigenvalue weighted by Crippen LogP contribution is -2.35. The van der Waals surface area contributed by atoms with Crippen molar-refractivity contribution in [3.05, 3.63) is 156 Å². The number of hydrogen-bond donors (Lipinski definition) is 0. The molecule has 0 aromatic heterocycles. The summed E-state index contributed by atoms with van der Waals surface area (Å²) in [6, 6.07) is 49.4. The second kappa shape index (κ2) is 7.43. The molecule has 6 aromatic rings. The highest BCUT2D eigenvalue weighted by atomic mass is 14.4. The Labute approximate surface area is 200 Å². The predicted molar refractivity (Wildman–Crippen MR) is 143 cm³/mol. The first-order valence-electron chi connectivity index (χ1n) is 12.0. The SMILES string of the molecule is c1ccc2c(c1)CC(c1ccc3ccccc3c1)(c1ccc3ccccc3c1)c1ccccc1-2. The Bertz CT molecular complexity index is 1610. The summed E-state index contributed by atoms with van der Waals surface area (Å²) in [4.78, 5) is 0. The van der Waals surface area contributed by atoms with Gasteiger partial charge in [0.2, 0.25) is 0 Å². The normalized spacial score (nSPS) is 14.0. The summed E-state index contributed by atoms with van der Waals surface area (Å²) < 4.78 is 0. The zero-order valence-electron chi connectivity index (χ0n) is 18.9. The Morgan fingerprint density at radius 1 is 0.412 bits per heavy atom. The molecule has 0 saturated heterocycles. The molecule has 1 aliphatic rings. The van der Waals surface area contributed by atoms with E-state index in [1.165, 1.54) is 54.9 Å². The van der Waals surface area contributed by atoms with Crippen LogP contribution >= 0.6 is 0 Å². The fourth-order valence-electron chi connectivity index (χ4n) is 6.00. The van der Waals surface area contributed by atoms with E-state index in [-0.39, 0.29) is 5.41 Å². The van der Waals surface area contributed by atoms with Crippen molar-refractivity contribution >= 4 is 21.5 Å². The molecule has 7 rings (SSSR count). The predicted octanol–water partition coefficient (Wildman–Crippen LogP) is 8.55. The van der Waals surface area contributed by atoms with Gasteiger partial charge in [-0.1, -0.05) is 121 Å². The largest absolute Gasteiger partial charge is 0.0620 e. The van der Waals surface area contributed by atoms with E-state index < -0.39 is 0 Å². The number of rotatable bonds is 2. The summed E-state index contributed by atoms with van der Waals surface area (Å²) >= 11 is 0. The first kappa shape index (κ1) is 19.3. The van der Waals surface area contributed by atoms with Crippen LogP contribution in [0.5, 0.6) is 0 Å². The Morgan fingerprint density at radius 2 is 0.912 bits per heavy atom. The van der Waals surface area contributed by atoms with E-state index >= 15 is 0 Å². The lowest BCUT2D eigenvalue weighted by atomic mass is 9.60. The summed E-state index contributed by atoms with van der Waals surface area (Å²) in [6.07, 6.45) is 0.941. The molecule has 6 aromatic carbocycles. The van der Waals surface area contributed by atoms with Crippen LogP contribution in [0.4, 0.5) is 0 Å². The summed E-state index contributed by atoms with van der Waals surface area (Å²) in [5.41, 5.74) is 7.92. The Morgan fingerprint density at radius 3 is 1.56 bits per heavy atom. The van der Waals surface area contributed by atoms with Crippen molar-refractivity contribution < 1.29 is 0 Å². The fraction of sp³-hybridized carbons (Fsp3) is 0.0588. The highest BCUT2D eigenvalue weighted by Gasteiger charge is 2.42. The lowest BCUT2D eigenvalue weighted by molar-refractivity contribution is 0.608. The Balaban J connectivity index is 1.60. The van der Waals surface area contributed by atoms with Gasteiger partial charge in [-0.3, -0.25) is 0 Å². The third-order valence-electron chi connectivity index (χ3n) is 7.63. The van der Waals surface area contributed by atoms with Gasteiger partial charge in [-0.15, -0.1) is 0 Å². The van der Waals surface area contributed by atoms with Gasteiger partial charge in [-0.2, -0.15) is 0 Å². The average molecular weight is 433 g/mol. The van der Waals surface area contributed by atoms with Crippen molar-refractivity contribution in [3.63, 3.8) is 0 Å². The van der Waals surface area contributed by atoms with Gasteiger partial charge < -0.3 is 0 Å². The van der Waals surface area contributed by atoms with Gasteiger partial charge >= 0.3 is 0 Å². The van der Waals surface area contributed by atoms with E-state index in [4.69, 9.17) is 0 Å². The summed E-state index contributed by atoms with van der Waals surface area (Å²) in [5, 5.41) is 5.14. The van der Waals surface area contributed by atoms with Crippen molar-refractivity contribution in [2.45, 2.75) is 11.8 Å². The summed E-state index contributed by atoms with van der Waals surface area (Å²) in [5.74, 6) is 0. The Hall–Kier alpha value is -4.16. The fourth-order valence-corrected chi connectivity index (χ4v) is 6.00. The van der Waals surface area contributed by atoms with Crippen LogP contribution in [-0.2, 0) is 11.8 Å². The van der Waals surface area contributed by atoms with E-state index in [9.17, 15) is 0 Å². The third-order valence-corrected chi connectivity index (χ3v) is 7.63. The molecule has 160 valence electrons. The monoisotopic (exact) mass is 432 g/mol. The first-order valence-corrected chi connectivity index (χ1v) is 12.0. The molecule has 0 heteroatoms. The van der Waals surface area contributed by atoms with E-state index in [2.05, 4.69) is 133 Å². The van der Waals surface area contributed by atoms with Gasteiger partial charge in [-0.05, 0) is 73.5 Å². The van der Waals surface area contributed by atoms with Crippen LogP contribution in [0.25, 0.3) is 32.7 Å². The molecule has 0 spiro atoms. The molecule has 0 nitrogen and oxygen atoms in total. The molecule has 34 heavy (non-hydrogen) atoms. The molecule has 0 aliphatic heterocycles. The van der Waals surface area contributed by atoms with Crippen molar-refractivity contribution in [1.29, 1.82) is 0 Å². The zero-order valence-corrected chi connectivity index (χ0v) is 18.9. The molecule has 0 unspecified atom stereocenters. The van der Waals surface area contributed by atoms with Gasteiger partial charge in [0.05, 0.1) is 0 Å². The maximum Gasteiger partial charge on any atom is 0.0498 e. The van der Waals surface area contributed by atoms with Crippen LogP contribution in [0.2, 0.25) is 0 Å². The minimum atomic E-state index is -0.265. The molecule has 0 fully saturated rings. The number of fused-ring (bicyclic) bond motifs is 5. The molecule has 0 bridgehead atoms. The summed E-state index contributed by atoms with van der Waals surface area (Å²) in [6.45, 7) is 0. The molecule has 0 radical (unpaired) electrons. The maximum absolute atomic E-state index is 2.41. The number of benzene rings is 6. The number of hydrogen-bond acceptors (Lipinski definition) is 0. The minimum absolute atomic E-state index is 0.265. The van der Waals surface area contributed by atoms with Crippen LogP contribution in [0, 0.1) is 0 Å². The molecular weight excluding hydrogens is 408 g/mol. The molecule has 0 atom stereocenters. The van der Waals surface area contributed by atoms with Crippen molar-refractivity contribution in [1.82, 2.24) is 0 Å². The molecular formula is C34H24. The highest BCUT2D eigenvalue weighted by Crippen LogP contribution is 2.51. The standard InChI is InChI=1S/C34H24/c1-3-11-26-21-29(19-17-24(26)9-1)34(30-20-18-25-10-2-4-12-27(25)22-30)23-28-13-5-6-14-31(28)32-15-7-8-16-33(32)34/h1-22H,23H2. The quantitative estimate of drug-likeness (QED) is 0.257. The second-order valence-corrected chi connectivity index (χ2v) is 9.41. The zero-order chi connectivity index (χ0) is 22.5. The van der Waals surface area contributed by atoms with Gasteiger partial charge in [0.15, 0.2) is 0 Å². The van der Waals surface area contributed by atoms with Crippen LogP contribution in [0.1, 0.15) is 22.3 Å². The second-order valence-electron chi connectivity index (χ2n) is 9.41. The molecule has 0 saturated carbocycles. The van der Waals surface area contributed by atoms with Crippen molar-refractivity contribution in [2.24, 2.45) is 0 Å². The van der Waals surface area contributed by atoms with E-state index in [1.54, 1.807) is 0 Å². The summed E-state index contributed by atoms with van der Waals surface area (Å²) in [7, 11) is 0. The van der Waals surface area contributed by atoms with Gasteiger partial charge in [0.25, 0.3) is 0 Å². The lowest BCUT2D eigenvalue weighted by Gasteiger charge is -2.41. The van der Waals surface area contributed by atoms with E-state index in [0.717, 1.165) is 6.42 Å². The van der Waals surface area contributed by atoms with Crippen LogP contribution in [-0.4, -0.2) is 0 Å². The van der Waals surface area contributed by atoms with Crippen LogP contribution in [0.3, 0.4) is 0 Å². The molecule has 0 N–H and O–H groups in total. The van der Waals surface area contributed by atoms with Crippen LogP contribution in [0.15, 0.2) is 133 Å². The molecule has 0 heterocycles. The van der Waals surface area contributed by atoms with Gasteiger partial charge in [0, 0.05) is 5.41 Å². The maximum atomic E-state index is 2.41. The first-order chi connectivity index (χ1) is 16.8. The van der Waals surface area contributed by atoms with Crippen molar-refractivity contribution in [3.8, 4) is 11.1 Å². The molecule has 1 aliphatic carbocycles. The van der Waals surface area contributed by atoms with Crippen LogP contribution < -0.4 is 0 Å². The average Bonchev–Trinajstić information content (AvgIpc) is 2.92. The topological polar surface area (TPSA) is 0 Å². The Kier molecular flexibility index (Phi) is 4.22. The van der Waals surface area contributed by atoms with Crippen molar-refractivity contribution in [2.75, 3.05) is 0 Å². The third kappa shape index (κ3) is 2.79. The van der Waals surface area contributed by atoms with Gasteiger partial charge in [0.1, 0.15) is 0 Å². The van der Waals surface area contributed by atoms with E-state index in [0.29, 0.717) is 0 Å². The van der Waals surface area contributed by atoms with Gasteiger partial charge in [-0.25, -0.2) is 0 Å². The minimum Gasteiger partial charge on any atom is -0.0620 e. The highest BCUT2D eigenvalue weighted by molar-refractivity contribution is 5.87. The molecule has 0 amide bonds. The smallest absolute Gasteiger partial charge is 0.0498 e. The van der Waals surface area contributed by atoms with E-state index in [1.807, 2.05) is 0 Å².